The van der Waals surface area contributed by atoms with Gasteiger partial charge in [0.25, 0.3) is 11.1 Å². The molecule has 1 aromatic heterocycles. The first kappa shape index (κ1) is 16.4. The van der Waals surface area contributed by atoms with Gasteiger partial charge in [-0.05, 0) is 29.8 Å². The number of benzene rings is 2. The van der Waals surface area contributed by atoms with Crippen molar-refractivity contribution < 1.29 is 18.3 Å². The minimum atomic E-state index is -0.457. The van der Waals surface area contributed by atoms with E-state index in [0.29, 0.717) is 45.0 Å². The maximum absolute atomic E-state index is 13.8. The van der Waals surface area contributed by atoms with Gasteiger partial charge in [-0.2, -0.15) is 0 Å². The van der Waals surface area contributed by atoms with Crippen molar-refractivity contribution >= 4 is 27.7 Å². The number of rotatable bonds is 4. The average molecular weight is 423 g/mol. The molecule has 2 aromatic carbocycles. The van der Waals surface area contributed by atoms with Crippen molar-refractivity contribution in [3.05, 3.63) is 64.2 Å². The number of aromatic nitrogens is 2. The molecule has 0 aliphatic carbocycles. The third-order valence-electron chi connectivity index (χ3n) is 3.57. The lowest BCUT2D eigenvalue weighted by atomic mass is 10.2. The van der Waals surface area contributed by atoms with Crippen LogP contribution in [0.3, 0.4) is 0 Å². The Balaban J connectivity index is 1.42. The van der Waals surface area contributed by atoms with Gasteiger partial charge < -0.3 is 13.9 Å². The Morgan fingerprint density at radius 2 is 2.00 bits per heavy atom. The fraction of sp³-hybridized carbons (Fsp3) is 0.176. The van der Waals surface area contributed by atoms with Gasteiger partial charge in [0, 0.05) is 10.2 Å². The summed E-state index contributed by atoms with van der Waals surface area (Å²) in [6.45, 7) is 0.296. The van der Waals surface area contributed by atoms with Crippen molar-refractivity contribution in [1.29, 1.82) is 0 Å². The highest BCUT2D eigenvalue weighted by atomic mass is 79.9. The Morgan fingerprint density at radius 3 is 2.84 bits per heavy atom. The van der Waals surface area contributed by atoms with E-state index in [-0.39, 0.29) is 5.82 Å². The molecular weight excluding hydrogens is 411 g/mol. The molecule has 25 heavy (non-hydrogen) atoms. The zero-order valence-electron chi connectivity index (χ0n) is 12.8. The van der Waals surface area contributed by atoms with Gasteiger partial charge in [-0.25, -0.2) is 4.39 Å². The van der Waals surface area contributed by atoms with Gasteiger partial charge in [0.2, 0.25) is 6.10 Å². The Morgan fingerprint density at radius 1 is 1.16 bits per heavy atom. The summed E-state index contributed by atoms with van der Waals surface area (Å²) in [5.41, 5.74) is 0.569. The molecule has 8 heteroatoms. The number of halogens is 2. The number of thioether (sulfide) groups is 1. The quantitative estimate of drug-likeness (QED) is 0.564. The molecule has 1 atom stereocenters. The summed E-state index contributed by atoms with van der Waals surface area (Å²) in [5, 5.41) is 8.37. The molecule has 0 N–H and O–H groups in total. The van der Waals surface area contributed by atoms with Crippen LogP contribution in [0.4, 0.5) is 4.39 Å². The van der Waals surface area contributed by atoms with Crippen molar-refractivity contribution in [3.8, 4) is 11.5 Å². The molecule has 0 saturated heterocycles. The first-order chi connectivity index (χ1) is 12.2. The molecule has 0 spiro atoms. The Kier molecular flexibility index (Phi) is 4.63. The van der Waals surface area contributed by atoms with E-state index in [1.165, 1.54) is 17.8 Å². The highest BCUT2D eigenvalue weighted by Crippen LogP contribution is 2.36. The van der Waals surface area contributed by atoms with Crippen molar-refractivity contribution in [2.45, 2.75) is 17.1 Å². The number of hydrogen-bond donors (Lipinski definition) is 0. The maximum atomic E-state index is 13.8. The highest BCUT2D eigenvalue weighted by molar-refractivity contribution is 9.10. The van der Waals surface area contributed by atoms with Crippen LogP contribution < -0.4 is 9.47 Å². The molecule has 5 nitrogen and oxygen atoms in total. The van der Waals surface area contributed by atoms with Crippen molar-refractivity contribution in [2.24, 2.45) is 0 Å². The average Bonchev–Trinajstić information content (AvgIpc) is 3.09. The SMILES string of the molecule is Fc1cc(Br)ccc1CSc1nnc(C2COc3ccccc3O2)o1. The molecule has 0 fully saturated rings. The van der Waals surface area contributed by atoms with Crippen LogP contribution in [0.5, 0.6) is 11.5 Å². The standard InChI is InChI=1S/C17H12BrFN2O3S/c18-11-6-5-10(12(19)7-11)9-25-17-21-20-16(24-17)15-8-22-13-3-1-2-4-14(13)23-15/h1-7,15H,8-9H2. The third-order valence-corrected chi connectivity index (χ3v) is 4.93. The molecule has 128 valence electrons. The zero-order chi connectivity index (χ0) is 17.2. The molecular formula is C17H12BrFN2O3S. The van der Waals surface area contributed by atoms with Crippen LogP contribution in [0.25, 0.3) is 0 Å². The molecule has 0 bridgehead atoms. The molecule has 1 unspecified atom stereocenters. The molecule has 0 radical (unpaired) electrons. The normalized spacial score (nSPS) is 16.0. The number of hydrogen-bond acceptors (Lipinski definition) is 6. The lowest BCUT2D eigenvalue weighted by Crippen LogP contribution is -2.21. The third kappa shape index (κ3) is 3.64. The number of fused-ring (bicyclic) bond motifs is 1. The van der Waals surface area contributed by atoms with Crippen LogP contribution >= 0.6 is 27.7 Å². The summed E-state index contributed by atoms with van der Waals surface area (Å²) >= 11 is 4.51. The maximum Gasteiger partial charge on any atom is 0.277 e. The summed E-state index contributed by atoms with van der Waals surface area (Å²) in [6.07, 6.45) is -0.457. The van der Waals surface area contributed by atoms with Gasteiger partial charge in [-0.15, -0.1) is 10.2 Å². The first-order valence-corrected chi connectivity index (χ1v) is 9.25. The minimum absolute atomic E-state index is 0.276. The van der Waals surface area contributed by atoms with Crippen molar-refractivity contribution in [2.75, 3.05) is 6.61 Å². The lowest BCUT2D eigenvalue weighted by Gasteiger charge is -2.23. The molecule has 1 aliphatic heterocycles. The fourth-order valence-electron chi connectivity index (χ4n) is 2.33. The second kappa shape index (κ2) is 7.05. The van der Waals surface area contributed by atoms with Crippen LogP contribution in [0.2, 0.25) is 0 Å². The number of nitrogens with zero attached hydrogens (tertiary/aromatic N) is 2. The van der Waals surface area contributed by atoms with E-state index in [0.717, 1.165) is 0 Å². The minimum Gasteiger partial charge on any atom is -0.485 e. The Labute approximate surface area is 155 Å². The van der Waals surface area contributed by atoms with E-state index in [4.69, 9.17) is 13.9 Å². The van der Waals surface area contributed by atoms with E-state index >= 15 is 0 Å². The monoisotopic (exact) mass is 422 g/mol. The van der Waals surface area contributed by atoms with E-state index in [9.17, 15) is 4.39 Å². The molecule has 0 saturated carbocycles. The van der Waals surface area contributed by atoms with Gasteiger partial charge in [-0.3, -0.25) is 0 Å². The lowest BCUT2D eigenvalue weighted by molar-refractivity contribution is 0.0686. The molecule has 0 amide bonds. The molecule has 4 rings (SSSR count). The first-order valence-electron chi connectivity index (χ1n) is 7.47. The largest absolute Gasteiger partial charge is 0.485 e. The van der Waals surface area contributed by atoms with Gasteiger partial charge in [-0.1, -0.05) is 45.9 Å². The van der Waals surface area contributed by atoms with Crippen LogP contribution in [-0.4, -0.2) is 16.8 Å². The smallest absolute Gasteiger partial charge is 0.277 e. The van der Waals surface area contributed by atoms with Crippen molar-refractivity contribution in [3.63, 3.8) is 0 Å². The summed E-state index contributed by atoms with van der Waals surface area (Å²) < 4.78 is 31.6. The zero-order valence-corrected chi connectivity index (χ0v) is 15.2. The van der Waals surface area contributed by atoms with Gasteiger partial charge in [0.05, 0.1) is 0 Å². The predicted octanol–water partition coefficient (Wildman–Crippen LogP) is 4.78. The van der Waals surface area contributed by atoms with E-state index in [1.807, 2.05) is 24.3 Å². The molecule has 3 aromatic rings. The van der Waals surface area contributed by atoms with E-state index < -0.39 is 6.10 Å². The van der Waals surface area contributed by atoms with Gasteiger partial charge in [0.1, 0.15) is 12.4 Å². The topological polar surface area (TPSA) is 57.4 Å². The van der Waals surface area contributed by atoms with Gasteiger partial charge in [0.15, 0.2) is 11.5 Å². The van der Waals surface area contributed by atoms with Crippen LogP contribution in [-0.2, 0) is 5.75 Å². The molecule has 2 heterocycles. The predicted molar refractivity (Wildman–Crippen MR) is 93.3 cm³/mol. The van der Waals surface area contributed by atoms with E-state index in [2.05, 4.69) is 26.1 Å². The summed E-state index contributed by atoms with van der Waals surface area (Å²) in [7, 11) is 0. The Hall–Kier alpha value is -2.06. The van der Waals surface area contributed by atoms with Crippen LogP contribution in [0.15, 0.2) is 56.6 Å². The van der Waals surface area contributed by atoms with Crippen LogP contribution in [0.1, 0.15) is 17.6 Å². The summed E-state index contributed by atoms with van der Waals surface area (Å²) in [5.74, 6) is 1.79. The van der Waals surface area contributed by atoms with E-state index in [1.54, 1.807) is 12.1 Å². The van der Waals surface area contributed by atoms with Crippen molar-refractivity contribution in [1.82, 2.24) is 10.2 Å². The summed E-state index contributed by atoms with van der Waals surface area (Å²) in [4.78, 5) is 0. The fourth-order valence-corrected chi connectivity index (χ4v) is 3.42. The summed E-state index contributed by atoms with van der Waals surface area (Å²) in [6, 6.07) is 12.4. The second-order valence-electron chi connectivity index (χ2n) is 5.29. The highest BCUT2D eigenvalue weighted by Gasteiger charge is 2.27. The van der Waals surface area contributed by atoms with Gasteiger partial charge >= 0.3 is 0 Å². The number of ether oxygens (including phenoxy) is 2. The molecule has 1 aliphatic rings. The number of para-hydroxylation sites is 2. The Bertz CT molecular complexity index is 905. The second-order valence-corrected chi connectivity index (χ2v) is 7.14. The van der Waals surface area contributed by atoms with Crippen LogP contribution in [0, 0.1) is 5.82 Å².